The first-order chi connectivity index (χ1) is 9.66. The van der Waals surface area contributed by atoms with Crippen LogP contribution >= 0.6 is 0 Å². The maximum Gasteiger partial charge on any atom is 0.113 e. The summed E-state index contributed by atoms with van der Waals surface area (Å²) < 4.78 is 2.27. The first-order valence-electron chi connectivity index (χ1n) is 7.47. The van der Waals surface area contributed by atoms with Gasteiger partial charge in [0.2, 0.25) is 0 Å². The van der Waals surface area contributed by atoms with E-state index in [0.29, 0.717) is 5.92 Å². The lowest BCUT2D eigenvalue weighted by Gasteiger charge is -2.22. The number of hydrogen-bond donors (Lipinski definition) is 1. The highest BCUT2D eigenvalue weighted by atomic mass is 15.1. The SMILES string of the molecule is Cc1ccc(-c2cnc(C3CCCNC3)n2C)c(C)c1. The molecule has 0 radical (unpaired) electrons. The molecule has 106 valence electrons. The molecule has 3 rings (SSSR count). The fourth-order valence-corrected chi connectivity index (χ4v) is 3.23. The molecule has 3 nitrogen and oxygen atoms in total. The standard InChI is InChI=1S/C17H23N3/c1-12-6-7-15(13(2)9-12)16-11-19-17(20(16)3)14-5-4-8-18-10-14/h6-7,9,11,14,18H,4-5,8,10H2,1-3H3. The van der Waals surface area contributed by atoms with Gasteiger partial charge in [0, 0.05) is 25.1 Å². The second-order valence-electron chi connectivity index (χ2n) is 5.92. The molecule has 1 saturated heterocycles. The molecule has 0 spiro atoms. The average Bonchev–Trinajstić information content (AvgIpc) is 2.82. The molecule has 1 fully saturated rings. The van der Waals surface area contributed by atoms with Crippen molar-refractivity contribution in [2.24, 2.45) is 7.05 Å². The number of benzene rings is 1. The maximum atomic E-state index is 4.70. The van der Waals surface area contributed by atoms with Crippen molar-refractivity contribution in [2.45, 2.75) is 32.6 Å². The maximum absolute atomic E-state index is 4.70. The van der Waals surface area contributed by atoms with E-state index in [1.54, 1.807) is 0 Å². The van der Waals surface area contributed by atoms with Gasteiger partial charge in [0.1, 0.15) is 5.82 Å². The smallest absolute Gasteiger partial charge is 0.113 e. The Kier molecular flexibility index (Phi) is 3.62. The monoisotopic (exact) mass is 269 g/mol. The zero-order valence-corrected chi connectivity index (χ0v) is 12.6. The van der Waals surface area contributed by atoms with Crippen LogP contribution in [0.1, 0.15) is 35.7 Å². The second-order valence-corrected chi connectivity index (χ2v) is 5.92. The first-order valence-corrected chi connectivity index (χ1v) is 7.47. The molecule has 0 aliphatic carbocycles. The third-order valence-electron chi connectivity index (χ3n) is 4.34. The number of imidazole rings is 1. The third kappa shape index (κ3) is 2.38. The van der Waals surface area contributed by atoms with E-state index in [1.807, 2.05) is 6.20 Å². The van der Waals surface area contributed by atoms with Crippen LogP contribution < -0.4 is 5.32 Å². The van der Waals surface area contributed by atoms with Crippen molar-refractivity contribution < 1.29 is 0 Å². The van der Waals surface area contributed by atoms with Crippen LogP contribution in [-0.4, -0.2) is 22.6 Å². The van der Waals surface area contributed by atoms with Crippen molar-refractivity contribution in [1.82, 2.24) is 14.9 Å². The van der Waals surface area contributed by atoms with Gasteiger partial charge in [-0.1, -0.05) is 23.8 Å². The van der Waals surface area contributed by atoms with E-state index in [9.17, 15) is 0 Å². The Morgan fingerprint density at radius 1 is 1.30 bits per heavy atom. The molecule has 1 N–H and O–H groups in total. The predicted molar refractivity (Wildman–Crippen MR) is 83.0 cm³/mol. The van der Waals surface area contributed by atoms with Gasteiger partial charge in [-0.15, -0.1) is 0 Å². The Balaban J connectivity index is 1.97. The molecule has 0 bridgehead atoms. The van der Waals surface area contributed by atoms with Crippen molar-refractivity contribution in [2.75, 3.05) is 13.1 Å². The van der Waals surface area contributed by atoms with Gasteiger partial charge in [-0.2, -0.15) is 0 Å². The summed E-state index contributed by atoms with van der Waals surface area (Å²) in [5.41, 5.74) is 5.15. The summed E-state index contributed by atoms with van der Waals surface area (Å²) >= 11 is 0. The fourth-order valence-electron chi connectivity index (χ4n) is 3.23. The lowest BCUT2D eigenvalue weighted by atomic mass is 9.99. The van der Waals surface area contributed by atoms with Gasteiger partial charge in [-0.3, -0.25) is 0 Å². The van der Waals surface area contributed by atoms with Gasteiger partial charge in [0.05, 0.1) is 11.9 Å². The molecule has 1 aliphatic rings. The summed E-state index contributed by atoms with van der Waals surface area (Å²) in [5, 5.41) is 3.48. The van der Waals surface area contributed by atoms with Gasteiger partial charge in [0.15, 0.2) is 0 Å². The Labute approximate surface area is 121 Å². The van der Waals surface area contributed by atoms with E-state index in [1.165, 1.54) is 41.1 Å². The number of piperidine rings is 1. The van der Waals surface area contributed by atoms with Gasteiger partial charge in [0.25, 0.3) is 0 Å². The second kappa shape index (κ2) is 5.41. The molecular weight excluding hydrogens is 246 g/mol. The van der Waals surface area contributed by atoms with Crippen molar-refractivity contribution in [1.29, 1.82) is 0 Å². The molecule has 1 aromatic heterocycles. The number of aromatic nitrogens is 2. The molecule has 2 heterocycles. The van der Waals surface area contributed by atoms with E-state index in [2.05, 4.69) is 49.0 Å². The lowest BCUT2D eigenvalue weighted by molar-refractivity contribution is 0.439. The lowest BCUT2D eigenvalue weighted by Crippen LogP contribution is -2.29. The van der Waals surface area contributed by atoms with Gasteiger partial charge >= 0.3 is 0 Å². The van der Waals surface area contributed by atoms with Crippen molar-refractivity contribution in [3.8, 4) is 11.3 Å². The van der Waals surface area contributed by atoms with Crippen molar-refractivity contribution in [3.63, 3.8) is 0 Å². The minimum absolute atomic E-state index is 0.549. The van der Waals surface area contributed by atoms with E-state index >= 15 is 0 Å². The predicted octanol–water partition coefficient (Wildman–Crippen LogP) is 3.17. The van der Waals surface area contributed by atoms with Crippen LogP contribution in [0.3, 0.4) is 0 Å². The summed E-state index contributed by atoms with van der Waals surface area (Å²) in [6.45, 7) is 6.51. The number of nitrogens with zero attached hydrogens (tertiary/aromatic N) is 2. The zero-order chi connectivity index (χ0) is 14.1. The van der Waals surface area contributed by atoms with Crippen molar-refractivity contribution in [3.05, 3.63) is 41.3 Å². The summed E-state index contributed by atoms with van der Waals surface area (Å²) in [6.07, 6.45) is 4.52. The first kappa shape index (κ1) is 13.4. The fraction of sp³-hybridized carbons (Fsp3) is 0.471. The van der Waals surface area contributed by atoms with Crippen LogP contribution in [0, 0.1) is 13.8 Å². The highest BCUT2D eigenvalue weighted by Crippen LogP contribution is 2.29. The topological polar surface area (TPSA) is 29.9 Å². The molecule has 1 unspecified atom stereocenters. The number of rotatable bonds is 2. The number of aryl methyl sites for hydroxylation is 2. The summed E-state index contributed by atoms with van der Waals surface area (Å²) in [4.78, 5) is 4.70. The van der Waals surface area contributed by atoms with E-state index in [0.717, 1.165) is 13.1 Å². The van der Waals surface area contributed by atoms with E-state index in [-0.39, 0.29) is 0 Å². The molecule has 0 saturated carbocycles. The Morgan fingerprint density at radius 3 is 2.85 bits per heavy atom. The molecule has 1 aliphatic heterocycles. The molecular formula is C17H23N3. The summed E-state index contributed by atoms with van der Waals surface area (Å²) in [7, 11) is 2.14. The molecule has 2 aromatic rings. The van der Waals surface area contributed by atoms with Gasteiger partial charge in [-0.25, -0.2) is 4.98 Å². The van der Waals surface area contributed by atoms with Crippen LogP contribution in [0.4, 0.5) is 0 Å². The molecule has 20 heavy (non-hydrogen) atoms. The number of nitrogens with one attached hydrogen (secondary N) is 1. The Hall–Kier alpha value is -1.61. The summed E-state index contributed by atoms with van der Waals surface area (Å²) in [5.74, 6) is 1.76. The van der Waals surface area contributed by atoms with Crippen LogP contribution in [0.25, 0.3) is 11.3 Å². The minimum atomic E-state index is 0.549. The minimum Gasteiger partial charge on any atom is -0.331 e. The quantitative estimate of drug-likeness (QED) is 0.907. The zero-order valence-electron chi connectivity index (χ0n) is 12.6. The van der Waals surface area contributed by atoms with Crippen LogP contribution in [0.15, 0.2) is 24.4 Å². The van der Waals surface area contributed by atoms with Gasteiger partial charge < -0.3 is 9.88 Å². The normalized spacial score (nSPS) is 19.2. The largest absolute Gasteiger partial charge is 0.331 e. The third-order valence-corrected chi connectivity index (χ3v) is 4.34. The molecule has 3 heteroatoms. The van der Waals surface area contributed by atoms with E-state index in [4.69, 9.17) is 4.98 Å². The number of hydrogen-bond acceptors (Lipinski definition) is 2. The highest BCUT2D eigenvalue weighted by molar-refractivity contribution is 5.64. The van der Waals surface area contributed by atoms with Crippen LogP contribution in [0.5, 0.6) is 0 Å². The Morgan fingerprint density at radius 2 is 2.15 bits per heavy atom. The van der Waals surface area contributed by atoms with Gasteiger partial charge in [-0.05, 0) is 38.8 Å². The summed E-state index contributed by atoms with van der Waals surface area (Å²) in [6, 6.07) is 6.63. The molecule has 0 amide bonds. The van der Waals surface area contributed by atoms with Crippen molar-refractivity contribution >= 4 is 0 Å². The Bertz CT molecular complexity index is 607. The average molecular weight is 269 g/mol. The van der Waals surface area contributed by atoms with Crippen LogP contribution in [0.2, 0.25) is 0 Å². The molecule has 1 atom stereocenters. The van der Waals surface area contributed by atoms with Crippen LogP contribution in [-0.2, 0) is 7.05 Å². The highest BCUT2D eigenvalue weighted by Gasteiger charge is 2.21. The van der Waals surface area contributed by atoms with E-state index < -0.39 is 0 Å². The molecule has 1 aromatic carbocycles.